The van der Waals surface area contributed by atoms with Gasteiger partial charge in [-0.2, -0.15) is 0 Å². The van der Waals surface area contributed by atoms with Gasteiger partial charge in [-0.25, -0.2) is 8.42 Å². The summed E-state index contributed by atoms with van der Waals surface area (Å²) in [6.45, 7) is 1.88. The van der Waals surface area contributed by atoms with Crippen molar-refractivity contribution in [1.82, 2.24) is 10.6 Å². The number of aryl methyl sites for hydroxylation is 1. The number of nitrogens with one attached hydrogen (secondary N) is 2. The summed E-state index contributed by atoms with van der Waals surface area (Å²) in [6, 6.07) is 16.8. The van der Waals surface area contributed by atoms with Gasteiger partial charge in [-0.05, 0) is 53.8 Å². The standard InChI is InChI=1S/C22H21ClN2O4S2/c1-15-5-2-3-6-16(15)13-24-21(26)22(27)25-14-20(19-7-4-12-30-19)31(28,29)18-10-8-17(23)9-11-18/h2-12,20H,13-14H2,1H3,(H,24,26)(H,25,27). The van der Waals surface area contributed by atoms with Crippen LogP contribution in [0, 0.1) is 6.92 Å². The largest absolute Gasteiger partial charge is 0.346 e. The van der Waals surface area contributed by atoms with E-state index in [-0.39, 0.29) is 18.0 Å². The first-order valence-corrected chi connectivity index (χ1v) is 12.2. The van der Waals surface area contributed by atoms with Gasteiger partial charge in [-0.15, -0.1) is 11.3 Å². The highest BCUT2D eigenvalue weighted by atomic mass is 35.5. The van der Waals surface area contributed by atoms with Gasteiger partial charge in [0.2, 0.25) is 0 Å². The first kappa shape index (κ1) is 23.0. The van der Waals surface area contributed by atoms with Crippen LogP contribution in [0.4, 0.5) is 0 Å². The van der Waals surface area contributed by atoms with Gasteiger partial charge in [0.05, 0.1) is 4.90 Å². The van der Waals surface area contributed by atoms with Gasteiger partial charge in [0, 0.05) is 23.0 Å². The highest BCUT2D eigenvalue weighted by molar-refractivity contribution is 7.91. The van der Waals surface area contributed by atoms with Crippen LogP contribution in [0.3, 0.4) is 0 Å². The summed E-state index contributed by atoms with van der Waals surface area (Å²) in [5.41, 5.74) is 1.89. The van der Waals surface area contributed by atoms with E-state index in [0.29, 0.717) is 9.90 Å². The van der Waals surface area contributed by atoms with Crippen molar-refractivity contribution in [2.24, 2.45) is 0 Å². The third kappa shape index (κ3) is 5.72. The summed E-state index contributed by atoms with van der Waals surface area (Å²) in [5.74, 6) is -1.71. The van der Waals surface area contributed by atoms with Crippen LogP contribution in [0.15, 0.2) is 70.9 Å². The molecule has 2 N–H and O–H groups in total. The Morgan fingerprint density at radius 1 is 0.968 bits per heavy atom. The molecule has 1 atom stereocenters. The third-order valence-electron chi connectivity index (χ3n) is 4.73. The van der Waals surface area contributed by atoms with E-state index in [2.05, 4.69) is 10.6 Å². The van der Waals surface area contributed by atoms with E-state index in [1.807, 2.05) is 31.2 Å². The van der Waals surface area contributed by atoms with Crippen LogP contribution < -0.4 is 10.6 Å². The van der Waals surface area contributed by atoms with E-state index in [1.54, 1.807) is 17.5 Å². The SMILES string of the molecule is Cc1ccccc1CNC(=O)C(=O)NCC(c1cccs1)S(=O)(=O)c1ccc(Cl)cc1. The van der Waals surface area contributed by atoms with E-state index < -0.39 is 26.9 Å². The highest BCUT2D eigenvalue weighted by Crippen LogP contribution is 2.31. The number of hydrogen-bond acceptors (Lipinski definition) is 5. The molecule has 2 amide bonds. The number of amides is 2. The molecule has 0 saturated heterocycles. The van der Waals surface area contributed by atoms with Gasteiger partial charge in [-0.3, -0.25) is 9.59 Å². The van der Waals surface area contributed by atoms with Crippen molar-refractivity contribution in [3.63, 3.8) is 0 Å². The van der Waals surface area contributed by atoms with Crippen molar-refractivity contribution < 1.29 is 18.0 Å². The third-order valence-corrected chi connectivity index (χ3v) is 8.22. The van der Waals surface area contributed by atoms with Crippen LogP contribution in [0.25, 0.3) is 0 Å². The Kier molecular flexibility index (Phi) is 7.48. The van der Waals surface area contributed by atoms with Crippen LogP contribution in [-0.2, 0) is 26.0 Å². The quantitative estimate of drug-likeness (QED) is 0.509. The number of rotatable bonds is 7. The van der Waals surface area contributed by atoms with Crippen LogP contribution in [0.5, 0.6) is 0 Å². The van der Waals surface area contributed by atoms with Gasteiger partial charge in [-0.1, -0.05) is 41.9 Å². The number of sulfone groups is 1. The molecule has 1 aromatic heterocycles. The van der Waals surface area contributed by atoms with Crippen molar-refractivity contribution >= 4 is 44.6 Å². The molecule has 0 aliphatic carbocycles. The summed E-state index contributed by atoms with van der Waals surface area (Å²) in [6.07, 6.45) is 0. The molecule has 1 unspecified atom stereocenters. The number of thiophene rings is 1. The van der Waals surface area contributed by atoms with E-state index >= 15 is 0 Å². The zero-order valence-corrected chi connectivity index (χ0v) is 19.1. The van der Waals surface area contributed by atoms with Crippen LogP contribution >= 0.6 is 22.9 Å². The Bertz CT molecular complexity index is 1160. The molecule has 9 heteroatoms. The topological polar surface area (TPSA) is 92.3 Å². The van der Waals surface area contributed by atoms with Gasteiger partial charge < -0.3 is 10.6 Å². The highest BCUT2D eigenvalue weighted by Gasteiger charge is 2.31. The monoisotopic (exact) mass is 476 g/mol. The summed E-state index contributed by atoms with van der Waals surface area (Å²) >= 11 is 7.14. The zero-order valence-electron chi connectivity index (χ0n) is 16.7. The van der Waals surface area contributed by atoms with Crippen molar-refractivity contribution in [2.45, 2.75) is 23.6 Å². The Labute approximate surface area is 190 Å². The number of halogens is 1. The average Bonchev–Trinajstić information content (AvgIpc) is 3.27. The minimum Gasteiger partial charge on any atom is -0.346 e. The van der Waals surface area contributed by atoms with Gasteiger partial charge >= 0.3 is 11.8 Å². The fourth-order valence-corrected chi connectivity index (χ4v) is 5.87. The lowest BCUT2D eigenvalue weighted by Gasteiger charge is -2.17. The maximum atomic E-state index is 13.2. The predicted octanol–water partition coefficient (Wildman–Crippen LogP) is 3.66. The Hall–Kier alpha value is -2.68. The number of carbonyl (C=O) groups excluding carboxylic acids is 2. The lowest BCUT2D eigenvalue weighted by atomic mass is 10.1. The van der Waals surface area contributed by atoms with Crippen LogP contribution in [0.2, 0.25) is 5.02 Å². The molecule has 0 aliphatic rings. The molecule has 0 fully saturated rings. The maximum Gasteiger partial charge on any atom is 0.309 e. The Morgan fingerprint density at radius 3 is 2.29 bits per heavy atom. The lowest BCUT2D eigenvalue weighted by Crippen LogP contribution is -2.42. The normalized spacial score (nSPS) is 12.2. The van der Waals surface area contributed by atoms with E-state index in [9.17, 15) is 18.0 Å². The summed E-state index contributed by atoms with van der Waals surface area (Å²) in [5, 5.41) is 6.18. The molecular weight excluding hydrogens is 456 g/mol. The van der Waals surface area contributed by atoms with Crippen LogP contribution in [0.1, 0.15) is 21.3 Å². The minimum absolute atomic E-state index is 0.0913. The Balaban J connectivity index is 1.69. The second-order valence-corrected chi connectivity index (χ2v) is 10.4. The molecular formula is C22H21ClN2O4S2. The average molecular weight is 477 g/mol. The molecule has 0 radical (unpaired) electrons. The number of benzene rings is 2. The molecule has 1 heterocycles. The minimum atomic E-state index is -3.82. The molecule has 31 heavy (non-hydrogen) atoms. The van der Waals surface area contributed by atoms with Crippen molar-refractivity contribution in [3.8, 4) is 0 Å². The van der Waals surface area contributed by atoms with Crippen molar-refractivity contribution in [2.75, 3.05) is 6.54 Å². The zero-order chi connectivity index (χ0) is 22.4. The van der Waals surface area contributed by atoms with Gasteiger partial charge in [0.15, 0.2) is 9.84 Å². The second kappa shape index (κ2) is 10.1. The summed E-state index contributed by atoms with van der Waals surface area (Å²) < 4.78 is 26.4. The van der Waals surface area contributed by atoms with Crippen molar-refractivity contribution in [3.05, 3.63) is 87.1 Å². The molecule has 3 rings (SSSR count). The maximum absolute atomic E-state index is 13.2. The first-order chi connectivity index (χ1) is 14.8. The number of hydrogen-bond donors (Lipinski definition) is 2. The molecule has 162 valence electrons. The van der Waals surface area contributed by atoms with Crippen molar-refractivity contribution in [1.29, 1.82) is 0 Å². The Morgan fingerprint density at radius 2 is 1.65 bits per heavy atom. The van der Waals surface area contributed by atoms with E-state index in [1.165, 1.54) is 35.6 Å². The molecule has 0 bridgehead atoms. The van der Waals surface area contributed by atoms with E-state index in [4.69, 9.17) is 11.6 Å². The van der Waals surface area contributed by atoms with Crippen LogP contribution in [-0.4, -0.2) is 26.8 Å². The molecule has 0 saturated carbocycles. The molecule has 6 nitrogen and oxygen atoms in total. The summed E-state index contributed by atoms with van der Waals surface area (Å²) in [7, 11) is -3.82. The second-order valence-electron chi connectivity index (χ2n) is 6.82. The summed E-state index contributed by atoms with van der Waals surface area (Å²) in [4.78, 5) is 25.2. The van der Waals surface area contributed by atoms with Gasteiger partial charge in [0.1, 0.15) is 5.25 Å². The lowest BCUT2D eigenvalue weighted by molar-refractivity contribution is -0.139. The van der Waals surface area contributed by atoms with E-state index in [0.717, 1.165) is 11.1 Å². The fraction of sp³-hybridized carbons (Fsp3) is 0.182. The fourth-order valence-electron chi connectivity index (χ4n) is 2.96. The molecule has 3 aromatic rings. The predicted molar refractivity (Wildman–Crippen MR) is 122 cm³/mol. The molecule has 0 aliphatic heterocycles. The van der Waals surface area contributed by atoms with Gasteiger partial charge in [0.25, 0.3) is 0 Å². The molecule has 0 spiro atoms. The first-order valence-electron chi connectivity index (χ1n) is 9.42. The smallest absolute Gasteiger partial charge is 0.309 e. The number of carbonyl (C=O) groups is 2. The molecule has 2 aromatic carbocycles.